The van der Waals surface area contributed by atoms with Crippen LogP contribution in [0.5, 0.6) is 0 Å². The van der Waals surface area contributed by atoms with Crippen molar-refractivity contribution >= 4 is 0 Å². The normalized spacial score (nSPS) is 26.3. The van der Waals surface area contributed by atoms with E-state index in [1.165, 1.54) is 38.5 Å². The zero-order valence-corrected chi connectivity index (χ0v) is 10.5. The molecular formula is C15H24. The van der Waals surface area contributed by atoms with Crippen molar-refractivity contribution in [2.24, 2.45) is 11.3 Å². The molecule has 0 amide bonds. The summed E-state index contributed by atoms with van der Waals surface area (Å²) in [7, 11) is 0. The average Bonchev–Trinajstić information content (AvgIpc) is 2.93. The number of hydrogen-bond acceptors (Lipinski definition) is 0. The number of rotatable bonds is 3. The summed E-state index contributed by atoms with van der Waals surface area (Å²) in [6, 6.07) is 0. The van der Waals surface area contributed by atoms with Crippen LogP contribution in [-0.4, -0.2) is 0 Å². The van der Waals surface area contributed by atoms with Gasteiger partial charge in [0.15, 0.2) is 0 Å². The minimum absolute atomic E-state index is 0.455. The first-order chi connectivity index (χ1) is 7.09. The molecule has 2 aliphatic carbocycles. The van der Waals surface area contributed by atoms with Crippen LogP contribution in [-0.2, 0) is 0 Å². The first-order valence-electron chi connectivity index (χ1n) is 6.45. The smallest absolute Gasteiger partial charge is 0.0131 e. The Labute approximate surface area is 94.5 Å². The molecule has 0 radical (unpaired) electrons. The van der Waals surface area contributed by atoms with Crippen LogP contribution in [0.4, 0.5) is 0 Å². The molecule has 1 fully saturated rings. The van der Waals surface area contributed by atoms with Gasteiger partial charge in [-0.2, -0.15) is 0 Å². The fraction of sp³-hybridized carbons (Fsp3) is 0.733. The summed E-state index contributed by atoms with van der Waals surface area (Å²) in [5.41, 5.74) is 3.83. The molecule has 0 N–H and O–H groups in total. The molecular weight excluding hydrogens is 180 g/mol. The summed E-state index contributed by atoms with van der Waals surface area (Å²) in [5.74, 6) is 0.928. The Kier molecular flexibility index (Phi) is 3.04. The van der Waals surface area contributed by atoms with Gasteiger partial charge in [0.25, 0.3) is 0 Å². The molecule has 2 aliphatic rings. The van der Waals surface area contributed by atoms with Crippen molar-refractivity contribution in [1.82, 2.24) is 0 Å². The van der Waals surface area contributed by atoms with Gasteiger partial charge in [0, 0.05) is 0 Å². The molecule has 0 nitrogen and oxygen atoms in total. The topological polar surface area (TPSA) is 0 Å². The monoisotopic (exact) mass is 204 g/mol. The van der Waals surface area contributed by atoms with E-state index in [9.17, 15) is 0 Å². The van der Waals surface area contributed by atoms with Crippen molar-refractivity contribution in [1.29, 1.82) is 0 Å². The first kappa shape index (κ1) is 11.0. The molecule has 84 valence electrons. The standard InChI is InChI=1S/C15H24/c1-12-6-5-11-15(2,3)14(12)8-4-7-13-9-10-13/h4,7,13H,5-6,8-11H2,1-3H3. The molecule has 0 spiro atoms. The average molecular weight is 204 g/mol. The lowest BCUT2D eigenvalue weighted by molar-refractivity contribution is 0.360. The van der Waals surface area contributed by atoms with Crippen LogP contribution >= 0.6 is 0 Å². The highest BCUT2D eigenvalue weighted by Gasteiger charge is 2.27. The van der Waals surface area contributed by atoms with E-state index in [-0.39, 0.29) is 0 Å². The Morgan fingerprint density at radius 1 is 1.33 bits per heavy atom. The predicted octanol–water partition coefficient (Wildman–Crippen LogP) is 4.87. The van der Waals surface area contributed by atoms with E-state index < -0.39 is 0 Å². The van der Waals surface area contributed by atoms with E-state index in [2.05, 4.69) is 32.9 Å². The van der Waals surface area contributed by atoms with Gasteiger partial charge in [0.2, 0.25) is 0 Å². The quantitative estimate of drug-likeness (QED) is 0.575. The number of hydrogen-bond donors (Lipinski definition) is 0. The van der Waals surface area contributed by atoms with E-state index in [0.29, 0.717) is 5.41 Å². The molecule has 0 bridgehead atoms. The van der Waals surface area contributed by atoms with Crippen molar-refractivity contribution in [2.75, 3.05) is 0 Å². The molecule has 0 atom stereocenters. The maximum atomic E-state index is 2.44. The molecule has 0 heterocycles. The van der Waals surface area contributed by atoms with E-state index in [0.717, 1.165) is 5.92 Å². The second kappa shape index (κ2) is 4.15. The van der Waals surface area contributed by atoms with E-state index in [4.69, 9.17) is 0 Å². The second-order valence-corrected chi connectivity index (χ2v) is 5.97. The molecule has 0 aromatic heterocycles. The van der Waals surface area contributed by atoms with Gasteiger partial charge in [0.1, 0.15) is 0 Å². The lowest BCUT2D eigenvalue weighted by atomic mass is 9.71. The highest BCUT2D eigenvalue weighted by Crippen LogP contribution is 2.42. The molecule has 2 rings (SSSR count). The Morgan fingerprint density at radius 3 is 2.67 bits per heavy atom. The van der Waals surface area contributed by atoms with E-state index >= 15 is 0 Å². The van der Waals surface area contributed by atoms with Crippen LogP contribution in [0.25, 0.3) is 0 Å². The molecule has 15 heavy (non-hydrogen) atoms. The second-order valence-electron chi connectivity index (χ2n) is 5.97. The van der Waals surface area contributed by atoms with Crippen LogP contribution in [0.3, 0.4) is 0 Å². The van der Waals surface area contributed by atoms with Gasteiger partial charge in [0.05, 0.1) is 0 Å². The summed E-state index contributed by atoms with van der Waals surface area (Å²) >= 11 is 0. The zero-order chi connectivity index (χ0) is 10.9. The molecule has 0 aromatic rings. The van der Waals surface area contributed by atoms with Crippen molar-refractivity contribution in [2.45, 2.75) is 59.3 Å². The minimum atomic E-state index is 0.455. The fourth-order valence-corrected chi connectivity index (χ4v) is 2.79. The van der Waals surface area contributed by atoms with Gasteiger partial charge in [-0.05, 0) is 56.8 Å². The van der Waals surface area contributed by atoms with E-state index in [1.54, 1.807) is 11.1 Å². The molecule has 0 saturated heterocycles. The zero-order valence-electron chi connectivity index (χ0n) is 10.5. The van der Waals surface area contributed by atoms with Crippen molar-refractivity contribution < 1.29 is 0 Å². The van der Waals surface area contributed by atoms with Gasteiger partial charge in [-0.1, -0.05) is 37.1 Å². The Hall–Kier alpha value is -0.520. The molecule has 0 unspecified atom stereocenters. The van der Waals surface area contributed by atoms with Crippen molar-refractivity contribution in [3.05, 3.63) is 23.3 Å². The van der Waals surface area contributed by atoms with Gasteiger partial charge < -0.3 is 0 Å². The third-order valence-corrected chi connectivity index (χ3v) is 4.04. The van der Waals surface area contributed by atoms with Gasteiger partial charge in [-0.25, -0.2) is 0 Å². The SMILES string of the molecule is CC1=C(CC=CC2CC2)C(C)(C)CCC1. The van der Waals surface area contributed by atoms with Crippen molar-refractivity contribution in [3.63, 3.8) is 0 Å². The largest absolute Gasteiger partial charge is 0.0851 e. The van der Waals surface area contributed by atoms with Crippen LogP contribution in [0.2, 0.25) is 0 Å². The Morgan fingerprint density at radius 2 is 2.07 bits per heavy atom. The highest BCUT2D eigenvalue weighted by atomic mass is 14.3. The van der Waals surface area contributed by atoms with Crippen LogP contribution in [0, 0.1) is 11.3 Å². The van der Waals surface area contributed by atoms with Gasteiger partial charge >= 0.3 is 0 Å². The van der Waals surface area contributed by atoms with Crippen LogP contribution in [0.1, 0.15) is 59.3 Å². The Balaban J connectivity index is 2.02. The third-order valence-electron chi connectivity index (χ3n) is 4.04. The number of allylic oxidation sites excluding steroid dienone is 4. The molecule has 0 aromatic carbocycles. The van der Waals surface area contributed by atoms with Gasteiger partial charge in [-0.3, -0.25) is 0 Å². The van der Waals surface area contributed by atoms with Crippen LogP contribution < -0.4 is 0 Å². The summed E-state index contributed by atoms with van der Waals surface area (Å²) in [5, 5.41) is 0. The maximum Gasteiger partial charge on any atom is -0.0131 e. The summed E-state index contributed by atoms with van der Waals surface area (Å²) in [6.45, 7) is 7.16. The van der Waals surface area contributed by atoms with E-state index in [1.807, 2.05) is 0 Å². The van der Waals surface area contributed by atoms with Crippen molar-refractivity contribution in [3.8, 4) is 0 Å². The maximum absolute atomic E-state index is 2.44. The molecule has 1 saturated carbocycles. The predicted molar refractivity (Wildman–Crippen MR) is 66.8 cm³/mol. The Bertz CT molecular complexity index is 287. The highest BCUT2D eigenvalue weighted by molar-refractivity contribution is 5.25. The third kappa shape index (κ3) is 2.74. The lowest BCUT2D eigenvalue weighted by Gasteiger charge is -2.34. The summed E-state index contributed by atoms with van der Waals surface area (Å²) in [4.78, 5) is 0. The lowest BCUT2D eigenvalue weighted by Crippen LogP contribution is -2.19. The first-order valence-corrected chi connectivity index (χ1v) is 6.45. The summed E-state index contributed by atoms with van der Waals surface area (Å²) < 4.78 is 0. The fourth-order valence-electron chi connectivity index (χ4n) is 2.79. The molecule has 0 aliphatic heterocycles. The minimum Gasteiger partial charge on any atom is -0.0851 e. The molecule has 0 heteroatoms. The van der Waals surface area contributed by atoms with Crippen LogP contribution in [0.15, 0.2) is 23.3 Å². The summed E-state index contributed by atoms with van der Waals surface area (Å²) in [6.07, 6.45) is 13.0. The van der Waals surface area contributed by atoms with Gasteiger partial charge in [-0.15, -0.1) is 0 Å².